The van der Waals surface area contributed by atoms with Crippen LogP contribution in [0.5, 0.6) is 5.75 Å². The number of likely N-dealkylation sites (tertiary alicyclic amines) is 2. The number of carbonyl (C=O) groups is 1. The fourth-order valence-corrected chi connectivity index (χ4v) is 4.50. The summed E-state index contributed by atoms with van der Waals surface area (Å²) in [5.41, 5.74) is 0.703. The number of hydrogen-bond donors (Lipinski definition) is 2. The fraction of sp³-hybridized carbons (Fsp3) is 0.667. The highest BCUT2D eigenvalue weighted by Gasteiger charge is 2.30. The summed E-state index contributed by atoms with van der Waals surface area (Å²) in [4.78, 5) is 21.4. The van der Waals surface area contributed by atoms with Crippen LogP contribution in [0.15, 0.2) is 29.3 Å². The Hall–Kier alpha value is -2.48. The predicted octanol–water partition coefficient (Wildman–Crippen LogP) is 3.01. The zero-order valence-corrected chi connectivity index (χ0v) is 20.2. The summed E-state index contributed by atoms with van der Waals surface area (Å²) < 4.78 is 11.1. The minimum atomic E-state index is -0.497. The van der Waals surface area contributed by atoms with Crippen LogP contribution in [0.2, 0.25) is 0 Å². The SMILES string of the molecule is CN=C(NCC(c1ccccc1OC)N1CCCC1)N1CCC(NC(=O)OC(C)(C)C)C1. The highest BCUT2D eigenvalue weighted by atomic mass is 16.6. The molecule has 1 aromatic rings. The molecule has 2 saturated heterocycles. The maximum atomic E-state index is 12.1. The smallest absolute Gasteiger partial charge is 0.407 e. The van der Waals surface area contributed by atoms with Crippen molar-refractivity contribution in [2.75, 3.05) is 46.9 Å². The van der Waals surface area contributed by atoms with Crippen molar-refractivity contribution in [2.24, 2.45) is 4.99 Å². The number of nitrogens with zero attached hydrogens (tertiary/aromatic N) is 3. The molecule has 2 N–H and O–H groups in total. The number of aliphatic imine (C=N–C) groups is 1. The van der Waals surface area contributed by atoms with Crippen molar-refractivity contribution in [1.29, 1.82) is 0 Å². The Kier molecular flexibility index (Phi) is 8.23. The van der Waals surface area contributed by atoms with E-state index in [1.165, 1.54) is 18.4 Å². The zero-order chi connectivity index (χ0) is 23.1. The van der Waals surface area contributed by atoms with E-state index in [2.05, 4.69) is 37.6 Å². The second kappa shape index (κ2) is 10.9. The van der Waals surface area contributed by atoms with Crippen LogP contribution < -0.4 is 15.4 Å². The monoisotopic (exact) mass is 445 g/mol. The molecule has 1 aromatic carbocycles. The number of benzene rings is 1. The van der Waals surface area contributed by atoms with Gasteiger partial charge in [0.05, 0.1) is 19.2 Å². The number of guanidine groups is 1. The number of carbonyl (C=O) groups excluding carboxylic acids is 1. The second-order valence-corrected chi connectivity index (χ2v) is 9.51. The Morgan fingerprint density at radius 2 is 1.94 bits per heavy atom. The van der Waals surface area contributed by atoms with Crippen LogP contribution in [0.4, 0.5) is 4.79 Å². The highest BCUT2D eigenvalue weighted by Crippen LogP contribution is 2.31. The number of rotatable bonds is 6. The second-order valence-electron chi connectivity index (χ2n) is 9.51. The molecule has 0 radical (unpaired) electrons. The van der Waals surface area contributed by atoms with Gasteiger partial charge in [-0.1, -0.05) is 18.2 Å². The molecule has 0 spiro atoms. The summed E-state index contributed by atoms with van der Waals surface area (Å²) in [5.74, 6) is 1.78. The van der Waals surface area contributed by atoms with Crippen molar-refractivity contribution in [1.82, 2.24) is 20.4 Å². The van der Waals surface area contributed by atoms with Crippen LogP contribution in [-0.2, 0) is 4.74 Å². The normalized spacial score (nSPS) is 20.8. The standard InChI is InChI=1S/C24H39N5O3/c1-24(2,3)32-23(30)27-18-12-15-29(17-18)22(25-4)26-16-20(28-13-8-9-14-28)19-10-6-7-11-21(19)31-5/h6-7,10-11,18,20H,8-9,12-17H2,1-5H3,(H,25,26)(H,27,30). The lowest BCUT2D eigenvalue weighted by atomic mass is 10.0. The highest BCUT2D eigenvalue weighted by molar-refractivity contribution is 5.80. The molecule has 0 bridgehead atoms. The molecule has 178 valence electrons. The van der Waals surface area contributed by atoms with Gasteiger partial charge in [-0.3, -0.25) is 9.89 Å². The molecule has 0 aromatic heterocycles. The average Bonchev–Trinajstić information content (AvgIpc) is 3.42. The van der Waals surface area contributed by atoms with E-state index in [0.717, 1.165) is 44.3 Å². The maximum absolute atomic E-state index is 12.1. The van der Waals surface area contributed by atoms with Gasteiger partial charge in [-0.2, -0.15) is 0 Å². The van der Waals surface area contributed by atoms with Crippen LogP contribution >= 0.6 is 0 Å². The van der Waals surface area contributed by atoms with Crippen LogP contribution in [-0.4, -0.2) is 80.4 Å². The van der Waals surface area contributed by atoms with Crippen molar-refractivity contribution >= 4 is 12.1 Å². The average molecular weight is 446 g/mol. The van der Waals surface area contributed by atoms with Crippen molar-refractivity contribution in [3.8, 4) is 5.75 Å². The number of amides is 1. The van der Waals surface area contributed by atoms with E-state index in [9.17, 15) is 4.79 Å². The van der Waals surface area contributed by atoms with Gasteiger partial charge in [0.2, 0.25) is 0 Å². The Morgan fingerprint density at radius 1 is 1.22 bits per heavy atom. The van der Waals surface area contributed by atoms with E-state index < -0.39 is 5.60 Å². The zero-order valence-electron chi connectivity index (χ0n) is 20.2. The molecule has 2 atom stereocenters. The van der Waals surface area contributed by atoms with Crippen LogP contribution in [0.25, 0.3) is 0 Å². The first kappa shape index (κ1) is 24.2. The first-order valence-corrected chi connectivity index (χ1v) is 11.6. The van der Waals surface area contributed by atoms with E-state index in [1.54, 1.807) is 7.11 Å². The van der Waals surface area contributed by atoms with Gasteiger partial charge in [0.1, 0.15) is 11.4 Å². The minimum absolute atomic E-state index is 0.0481. The van der Waals surface area contributed by atoms with E-state index in [0.29, 0.717) is 6.54 Å². The van der Waals surface area contributed by atoms with Gasteiger partial charge in [0.25, 0.3) is 0 Å². The Bertz CT molecular complexity index is 786. The van der Waals surface area contributed by atoms with E-state index in [-0.39, 0.29) is 18.2 Å². The van der Waals surface area contributed by atoms with Gasteiger partial charge in [0, 0.05) is 32.2 Å². The molecule has 8 heteroatoms. The van der Waals surface area contributed by atoms with Gasteiger partial charge in [-0.05, 0) is 59.2 Å². The first-order chi connectivity index (χ1) is 15.3. The summed E-state index contributed by atoms with van der Waals surface area (Å²) >= 11 is 0. The maximum Gasteiger partial charge on any atom is 0.407 e. The van der Waals surface area contributed by atoms with Crippen molar-refractivity contribution in [2.45, 2.75) is 57.7 Å². The molecule has 2 unspecified atom stereocenters. The third kappa shape index (κ3) is 6.51. The number of nitrogens with one attached hydrogen (secondary N) is 2. The molecule has 32 heavy (non-hydrogen) atoms. The van der Waals surface area contributed by atoms with Gasteiger partial charge in [-0.15, -0.1) is 0 Å². The molecule has 2 aliphatic rings. The predicted molar refractivity (Wildman–Crippen MR) is 127 cm³/mol. The molecule has 0 aliphatic carbocycles. The topological polar surface area (TPSA) is 78.4 Å². The molecular formula is C24H39N5O3. The van der Waals surface area contributed by atoms with Gasteiger partial charge < -0.3 is 25.0 Å². The number of hydrogen-bond acceptors (Lipinski definition) is 5. The summed E-state index contributed by atoms with van der Waals surface area (Å²) in [6, 6.07) is 8.53. The number of para-hydroxylation sites is 1. The lowest BCUT2D eigenvalue weighted by molar-refractivity contribution is 0.0507. The quantitative estimate of drug-likeness (QED) is 0.518. The van der Waals surface area contributed by atoms with E-state index >= 15 is 0 Å². The summed E-state index contributed by atoms with van der Waals surface area (Å²) in [6.45, 7) is 10.1. The third-order valence-electron chi connectivity index (χ3n) is 5.95. The molecule has 1 amide bonds. The van der Waals surface area contributed by atoms with Gasteiger partial charge in [-0.25, -0.2) is 4.79 Å². The molecule has 2 fully saturated rings. The van der Waals surface area contributed by atoms with E-state index in [1.807, 2.05) is 40.0 Å². The molecule has 0 saturated carbocycles. The van der Waals surface area contributed by atoms with Crippen LogP contribution in [0, 0.1) is 0 Å². The van der Waals surface area contributed by atoms with Crippen molar-refractivity contribution in [3.63, 3.8) is 0 Å². The van der Waals surface area contributed by atoms with Crippen molar-refractivity contribution < 1.29 is 14.3 Å². The summed E-state index contributed by atoms with van der Waals surface area (Å²) in [5, 5.41) is 6.57. The number of alkyl carbamates (subject to hydrolysis) is 1. The lowest BCUT2D eigenvalue weighted by Crippen LogP contribution is -2.46. The van der Waals surface area contributed by atoms with Crippen LogP contribution in [0.3, 0.4) is 0 Å². The fourth-order valence-electron chi connectivity index (χ4n) is 4.50. The van der Waals surface area contributed by atoms with Crippen molar-refractivity contribution in [3.05, 3.63) is 29.8 Å². The van der Waals surface area contributed by atoms with Gasteiger partial charge >= 0.3 is 6.09 Å². The molecule has 8 nitrogen and oxygen atoms in total. The molecule has 3 rings (SSSR count). The lowest BCUT2D eigenvalue weighted by Gasteiger charge is -2.31. The summed E-state index contributed by atoms with van der Waals surface area (Å²) in [6.07, 6.45) is 2.95. The Morgan fingerprint density at radius 3 is 2.59 bits per heavy atom. The Balaban J connectivity index is 1.61. The minimum Gasteiger partial charge on any atom is -0.496 e. The largest absolute Gasteiger partial charge is 0.496 e. The Labute approximate surface area is 192 Å². The molecule has 2 aliphatic heterocycles. The van der Waals surface area contributed by atoms with E-state index in [4.69, 9.17) is 9.47 Å². The molecular weight excluding hydrogens is 406 g/mol. The molecule has 2 heterocycles. The first-order valence-electron chi connectivity index (χ1n) is 11.6. The number of ether oxygens (including phenoxy) is 2. The third-order valence-corrected chi connectivity index (χ3v) is 5.95. The number of methoxy groups -OCH3 is 1. The van der Waals surface area contributed by atoms with Crippen LogP contribution in [0.1, 0.15) is 51.6 Å². The van der Waals surface area contributed by atoms with Gasteiger partial charge in [0.15, 0.2) is 5.96 Å². The summed E-state index contributed by atoms with van der Waals surface area (Å²) in [7, 11) is 3.54.